The molecular formula is C38H35F6N5O6S. The number of anilines is 1. The third kappa shape index (κ3) is 15.7. The Morgan fingerprint density at radius 3 is 1.91 bits per heavy atom. The number of rotatable bonds is 12. The summed E-state index contributed by atoms with van der Waals surface area (Å²) in [7, 11) is 0. The van der Waals surface area contributed by atoms with Crippen LogP contribution in [-0.2, 0) is 35.6 Å². The van der Waals surface area contributed by atoms with Gasteiger partial charge in [0.25, 0.3) is 0 Å². The number of ketones is 1. The number of amides is 2. The SMILES string of the molecule is CC(=O)c1cccc(NC(=O)N(CCc2cccnc2)Cc2csc(-c3ccc(CNCc4ccccc4)cc3)n2)c1.O=C(O)C(F)(F)F.O=C(O)C(F)(F)F. The van der Waals surface area contributed by atoms with E-state index < -0.39 is 24.3 Å². The Bertz CT molecular complexity index is 2000. The number of urea groups is 1. The first-order valence-corrected chi connectivity index (χ1v) is 17.2. The highest BCUT2D eigenvalue weighted by molar-refractivity contribution is 7.13. The van der Waals surface area contributed by atoms with Crippen molar-refractivity contribution in [3.63, 3.8) is 0 Å². The van der Waals surface area contributed by atoms with Crippen LogP contribution in [-0.4, -0.2) is 67.7 Å². The average Bonchev–Trinajstić information content (AvgIpc) is 3.63. The number of nitrogens with one attached hydrogen (secondary N) is 2. The van der Waals surface area contributed by atoms with E-state index in [-0.39, 0.29) is 11.8 Å². The van der Waals surface area contributed by atoms with Crippen molar-refractivity contribution in [2.45, 2.75) is 45.3 Å². The number of aliphatic carboxylic acids is 2. The summed E-state index contributed by atoms with van der Waals surface area (Å²) in [5, 5.41) is 23.6. The highest BCUT2D eigenvalue weighted by Crippen LogP contribution is 2.25. The molecule has 0 fully saturated rings. The summed E-state index contributed by atoms with van der Waals surface area (Å²) in [6.45, 7) is 3.97. The van der Waals surface area contributed by atoms with E-state index in [9.17, 15) is 35.9 Å². The molecule has 5 rings (SSSR count). The van der Waals surface area contributed by atoms with Gasteiger partial charge in [0.15, 0.2) is 5.78 Å². The molecule has 11 nitrogen and oxygen atoms in total. The summed E-state index contributed by atoms with van der Waals surface area (Å²) >= 11 is 1.57. The second-order valence-electron chi connectivity index (χ2n) is 11.6. The van der Waals surface area contributed by atoms with Gasteiger partial charge in [0, 0.05) is 54.2 Å². The Balaban J connectivity index is 0.000000512. The predicted molar refractivity (Wildman–Crippen MR) is 196 cm³/mol. The molecule has 0 unspecified atom stereocenters. The summed E-state index contributed by atoms with van der Waals surface area (Å²) in [5.74, 6) is -5.56. The van der Waals surface area contributed by atoms with Gasteiger partial charge >= 0.3 is 30.3 Å². The van der Waals surface area contributed by atoms with E-state index in [4.69, 9.17) is 24.8 Å². The van der Waals surface area contributed by atoms with Crippen molar-refractivity contribution < 1.29 is 55.7 Å². The molecule has 18 heteroatoms. The molecule has 0 aliphatic heterocycles. The summed E-state index contributed by atoms with van der Waals surface area (Å²) in [5.41, 5.74) is 6.52. The van der Waals surface area contributed by atoms with Gasteiger partial charge in [-0.05, 0) is 48.2 Å². The fraction of sp³-hybridized carbons (Fsp3) is 0.211. The van der Waals surface area contributed by atoms with Gasteiger partial charge in [-0.2, -0.15) is 26.3 Å². The molecule has 56 heavy (non-hydrogen) atoms. The zero-order chi connectivity index (χ0) is 41.3. The molecule has 0 saturated heterocycles. The van der Waals surface area contributed by atoms with E-state index in [1.807, 2.05) is 29.8 Å². The van der Waals surface area contributed by atoms with Crippen LogP contribution in [0.15, 0.2) is 109 Å². The number of carboxylic acid groups (broad SMARTS) is 2. The largest absolute Gasteiger partial charge is 0.490 e. The monoisotopic (exact) mass is 803 g/mol. The normalized spacial score (nSPS) is 10.9. The molecule has 5 aromatic rings. The first-order chi connectivity index (χ1) is 26.4. The summed E-state index contributed by atoms with van der Waals surface area (Å²) in [4.78, 5) is 53.8. The zero-order valence-corrected chi connectivity index (χ0v) is 30.3. The molecule has 2 heterocycles. The molecule has 0 bridgehead atoms. The Kier molecular flexibility index (Phi) is 16.7. The molecule has 0 aliphatic rings. The average molecular weight is 804 g/mol. The maximum atomic E-state index is 13.4. The molecule has 2 amide bonds. The van der Waals surface area contributed by atoms with Crippen LogP contribution in [0.1, 0.15) is 39.7 Å². The van der Waals surface area contributed by atoms with E-state index >= 15 is 0 Å². The van der Waals surface area contributed by atoms with Crippen molar-refractivity contribution in [2.24, 2.45) is 0 Å². The second-order valence-corrected chi connectivity index (χ2v) is 12.5. The van der Waals surface area contributed by atoms with Gasteiger partial charge in [0.05, 0.1) is 12.2 Å². The highest BCUT2D eigenvalue weighted by atomic mass is 32.1. The number of halogens is 6. The molecular weight excluding hydrogens is 769 g/mol. The maximum absolute atomic E-state index is 13.4. The number of benzene rings is 3. The van der Waals surface area contributed by atoms with Crippen LogP contribution < -0.4 is 10.6 Å². The Morgan fingerprint density at radius 1 is 0.768 bits per heavy atom. The Hall–Kier alpha value is -6.14. The summed E-state index contributed by atoms with van der Waals surface area (Å²) < 4.78 is 63.5. The number of carboxylic acids is 2. The van der Waals surface area contributed by atoms with E-state index in [0.29, 0.717) is 30.8 Å². The number of carbonyl (C=O) groups excluding carboxylic acids is 2. The minimum Gasteiger partial charge on any atom is -0.475 e. The van der Waals surface area contributed by atoms with Crippen LogP contribution in [0.4, 0.5) is 36.8 Å². The molecule has 0 spiro atoms. The molecule has 3 aromatic carbocycles. The van der Waals surface area contributed by atoms with Crippen molar-refractivity contribution in [3.8, 4) is 10.6 Å². The predicted octanol–water partition coefficient (Wildman–Crippen LogP) is 8.24. The van der Waals surface area contributed by atoms with Crippen LogP contribution in [0.3, 0.4) is 0 Å². The van der Waals surface area contributed by atoms with Gasteiger partial charge in [-0.25, -0.2) is 19.4 Å². The standard InChI is InChI=1S/C34H33N5O2S.2C2HF3O2/c1-25(40)30-10-5-11-31(19-30)38-34(41)39(18-16-27-9-6-17-35-20-27)23-32-24-42-33(37-32)29-14-12-28(13-15-29)22-36-21-26-7-3-2-4-8-26;2*3-2(4,5)1(6)7/h2-15,17,19-20,24,36H,16,18,21-23H2,1H3,(H,38,41);2*(H,6,7). The minimum absolute atomic E-state index is 0.0500. The fourth-order valence-electron chi connectivity index (χ4n) is 4.50. The van der Waals surface area contributed by atoms with Crippen molar-refractivity contribution in [1.29, 1.82) is 0 Å². The molecule has 0 aliphatic carbocycles. The molecule has 4 N–H and O–H groups in total. The first kappa shape index (κ1) is 44.3. The first-order valence-electron chi connectivity index (χ1n) is 16.4. The third-order valence-corrected chi connectivity index (χ3v) is 8.23. The minimum atomic E-state index is -5.08. The number of nitrogens with zero attached hydrogens (tertiary/aromatic N) is 3. The molecule has 0 atom stereocenters. The Labute approximate surface area is 320 Å². The number of thiazole rings is 1. The Morgan fingerprint density at radius 2 is 1.36 bits per heavy atom. The third-order valence-electron chi connectivity index (χ3n) is 7.29. The van der Waals surface area contributed by atoms with Crippen molar-refractivity contribution in [2.75, 3.05) is 11.9 Å². The lowest BCUT2D eigenvalue weighted by Gasteiger charge is -2.22. The number of pyridine rings is 1. The smallest absolute Gasteiger partial charge is 0.475 e. The number of carbonyl (C=O) groups is 4. The van der Waals surface area contributed by atoms with Gasteiger partial charge in [-0.15, -0.1) is 11.3 Å². The highest BCUT2D eigenvalue weighted by Gasteiger charge is 2.38. The van der Waals surface area contributed by atoms with Crippen LogP contribution in [0, 0.1) is 0 Å². The number of hydrogen-bond donors (Lipinski definition) is 4. The summed E-state index contributed by atoms with van der Waals surface area (Å²) in [6.07, 6.45) is -5.96. The molecule has 0 radical (unpaired) electrons. The van der Waals surface area contributed by atoms with Gasteiger partial charge in [-0.3, -0.25) is 9.78 Å². The number of hydrogen-bond acceptors (Lipinski definition) is 8. The van der Waals surface area contributed by atoms with E-state index in [1.165, 1.54) is 18.1 Å². The zero-order valence-electron chi connectivity index (χ0n) is 29.5. The molecule has 0 saturated carbocycles. The van der Waals surface area contributed by atoms with Crippen LogP contribution in [0.2, 0.25) is 0 Å². The van der Waals surface area contributed by atoms with E-state index in [1.54, 1.807) is 46.7 Å². The fourth-order valence-corrected chi connectivity index (χ4v) is 5.32. The van der Waals surface area contributed by atoms with Crippen molar-refractivity contribution >= 4 is 40.8 Å². The lowest BCUT2D eigenvalue weighted by Crippen LogP contribution is -2.36. The van der Waals surface area contributed by atoms with Crippen molar-refractivity contribution in [1.82, 2.24) is 20.2 Å². The summed E-state index contributed by atoms with van der Waals surface area (Å²) in [6, 6.07) is 29.4. The van der Waals surface area contributed by atoms with Crippen LogP contribution >= 0.6 is 11.3 Å². The van der Waals surface area contributed by atoms with E-state index in [0.717, 1.165) is 34.9 Å². The second kappa shape index (κ2) is 21.1. The lowest BCUT2D eigenvalue weighted by atomic mass is 10.1. The van der Waals surface area contributed by atoms with Crippen molar-refractivity contribution in [3.05, 3.63) is 137 Å². The van der Waals surface area contributed by atoms with E-state index in [2.05, 4.69) is 64.1 Å². The maximum Gasteiger partial charge on any atom is 0.490 e. The molecule has 296 valence electrons. The molecule has 2 aromatic heterocycles. The topological polar surface area (TPSA) is 162 Å². The van der Waals surface area contributed by atoms with Crippen LogP contribution in [0.25, 0.3) is 10.6 Å². The lowest BCUT2D eigenvalue weighted by molar-refractivity contribution is -0.193. The van der Waals surface area contributed by atoms with Gasteiger partial charge in [-0.1, -0.05) is 72.8 Å². The van der Waals surface area contributed by atoms with Gasteiger partial charge in [0.2, 0.25) is 0 Å². The quantitative estimate of drug-likeness (QED) is 0.0719. The number of aromatic nitrogens is 2. The van der Waals surface area contributed by atoms with Gasteiger partial charge in [0.1, 0.15) is 5.01 Å². The van der Waals surface area contributed by atoms with Gasteiger partial charge < -0.3 is 25.7 Å². The number of Topliss-reactive ketones (excluding diaryl/α,β-unsaturated/α-hetero) is 1. The van der Waals surface area contributed by atoms with Crippen LogP contribution in [0.5, 0.6) is 0 Å². The number of alkyl halides is 6.